The first-order chi connectivity index (χ1) is 14.7. The number of alkyl halides is 2. The average Bonchev–Trinajstić information content (AvgIpc) is 3.33. The topological polar surface area (TPSA) is 146 Å². The van der Waals surface area contributed by atoms with Gasteiger partial charge in [-0.15, -0.1) is 11.3 Å². The number of pyridine rings is 1. The lowest BCUT2D eigenvalue weighted by Crippen LogP contribution is -2.18. The second kappa shape index (κ2) is 7.98. The molecule has 162 valence electrons. The first-order valence-electron chi connectivity index (χ1n) is 9.27. The smallest absolute Gasteiger partial charge is 0.365 e. The zero-order chi connectivity index (χ0) is 22.3. The van der Waals surface area contributed by atoms with E-state index in [2.05, 4.69) is 15.4 Å². The van der Waals surface area contributed by atoms with Crippen molar-refractivity contribution in [1.82, 2.24) is 14.8 Å². The number of rotatable bonds is 8. The van der Waals surface area contributed by atoms with Gasteiger partial charge >= 0.3 is 5.82 Å². The number of anilines is 1. The summed E-state index contributed by atoms with van der Waals surface area (Å²) in [6.07, 6.45) is 0.151. The van der Waals surface area contributed by atoms with E-state index in [4.69, 9.17) is 5.73 Å². The van der Waals surface area contributed by atoms with E-state index < -0.39 is 23.2 Å². The molecule has 13 heteroatoms. The van der Waals surface area contributed by atoms with E-state index in [0.717, 1.165) is 24.2 Å². The number of primary amides is 1. The molecular formula is C18H16F2N6O4S. The van der Waals surface area contributed by atoms with Crippen LogP contribution in [-0.2, 0) is 11.3 Å². The van der Waals surface area contributed by atoms with Gasteiger partial charge in [0.2, 0.25) is 5.91 Å². The summed E-state index contributed by atoms with van der Waals surface area (Å²) in [7, 11) is 0. The van der Waals surface area contributed by atoms with Crippen LogP contribution >= 0.6 is 11.3 Å². The number of nitro groups is 1. The highest BCUT2D eigenvalue weighted by atomic mass is 32.1. The van der Waals surface area contributed by atoms with Crippen LogP contribution in [0.5, 0.6) is 0 Å². The third kappa shape index (κ3) is 4.21. The summed E-state index contributed by atoms with van der Waals surface area (Å²) in [6, 6.07) is 2.53. The van der Waals surface area contributed by atoms with Crippen molar-refractivity contribution in [2.75, 3.05) is 5.32 Å². The number of carbonyl (C=O) groups is 2. The maximum Gasteiger partial charge on any atom is 0.389 e. The number of halogens is 2. The molecule has 10 nitrogen and oxygen atoms in total. The van der Waals surface area contributed by atoms with E-state index in [1.807, 2.05) is 0 Å². The summed E-state index contributed by atoms with van der Waals surface area (Å²) in [5.74, 6) is -1.57. The van der Waals surface area contributed by atoms with E-state index in [9.17, 15) is 28.5 Å². The molecule has 0 aromatic carbocycles. The van der Waals surface area contributed by atoms with Gasteiger partial charge in [0.15, 0.2) is 0 Å². The lowest BCUT2D eigenvalue weighted by Gasteiger charge is -2.10. The Balaban J connectivity index is 1.63. The summed E-state index contributed by atoms with van der Waals surface area (Å²) in [6.45, 7) is 0.0664. The molecule has 0 unspecified atom stereocenters. The monoisotopic (exact) mass is 450 g/mol. The fraction of sp³-hybridized carbons (Fsp3) is 0.333. The van der Waals surface area contributed by atoms with Crippen LogP contribution in [0.4, 0.5) is 20.3 Å². The molecule has 4 rings (SSSR count). The summed E-state index contributed by atoms with van der Waals surface area (Å²) >= 11 is 0.860. The van der Waals surface area contributed by atoms with Gasteiger partial charge < -0.3 is 21.2 Å². The Labute approximate surface area is 177 Å². The fourth-order valence-electron chi connectivity index (χ4n) is 3.26. The number of thiophene rings is 1. The third-order valence-corrected chi connectivity index (χ3v) is 5.92. The van der Waals surface area contributed by atoms with Crippen LogP contribution in [0.3, 0.4) is 0 Å². The number of nitrogens with one attached hydrogen (secondary N) is 1. The van der Waals surface area contributed by atoms with Gasteiger partial charge in [0.1, 0.15) is 15.4 Å². The maximum atomic E-state index is 13.3. The molecule has 0 spiro atoms. The second-order valence-corrected chi connectivity index (χ2v) is 8.05. The van der Waals surface area contributed by atoms with Crippen molar-refractivity contribution >= 4 is 44.9 Å². The number of aromatic nitrogens is 3. The van der Waals surface area contributed by atoms with Crippen molar-refractivity contribution in [3.8, 4) is 0 Å². The van der Waals surface area contributed by atoms with E-state index in [1.54, 1.807) is 0 Å². The lowest BCUT2D eigenvalue weighted by molar-refractivity contribution is -0.389. The van der Waals surface area contributed by atoms with Crippen molar-refractivity contribution in [2.45, 2.75) is 38.2 Å². The molecule has 1 aliphatic rings. The Hall–Kier alpha value is -3.48. The number of nitrogens with zero attached hydrogens (tertiary/aromatic N) is 4. The van der Waals surface area contributed by atoms with Gasteiger partial charge in [-0.3, -0.25) is 9.59 Å². The van der Waals surface area contributed by atoms with Crippen LogP contribution in [-0.4, -0.2) is 31.5 Å². The molecule has 0 radical (unpaired) electrons. The van der Waals surface area contributed by atoms with Gasteiger partial charge in [-0.25, -0.2) is 13.8 Å². The fourth-order valence-corrected chi connectivity index (χ4v) is 4.28. The molecule has 3 N–H and O–H groups in total. The first-order valence-corrected chi connectivity index (χ1v) is 10.1. The highest BCUT2D eigenvalue weighted by Gasteiger charge is 2.31. The van der Waals surface area contributed by atoms with Crippen molar-refractivity contribution in [1.29, 1.82) is 0 Å². The molecule has 1 aliphatic carbocycles. The third-order valence-electron chi connectivity index (χ3n) is 4.82. The summed E-state index contributed by atoms with van der Waals surface area (Å²) in [4.78, 5) is 38.8. The molecule has 3 heterocycles. The van der Waals surface area contributed by atoms with Gasteiger partial charge in [0, 0.05) is 11.8 Å². The molecule has 0 aliphatic heterocycles. The predicted molar refractivity (Wildman–Crippen MR) is 107 cm³/mol. The first kappa shape index (κ1) is 20.8. The minimum absolute atomic E-state index is 0.0268. The Morgan fingerprint density at radius 1 is 1.42 bits per heavy atom. The largest absolute Gasteiger partial charge is 0.389 e. The summed E-state index contributed by atoms with van der Waals surface area (Å²) in [5, 5.41) is 17.5. The second-order valence-electron chi connectivity index (χ2n) is 7.05. The minimum atomic E-state index is -2.77. The van der Waals surface area contributed by atoms with Gasteiger partial charge in [-0.05, 0) is 35.3 Å². The zero-order valence-electron chi connectivity index (χ0n) is 15.9. The molecular weight excluding hydrogens is 434 g/mol. The summed E-state index contributed by atoms with van der Waals surface area (Å²) in [5.41, 5.74) is 5.85. The van der Waals surface area contributed by atoms with Crippen molar-refractivity contribution in [3.63, 3.8) is 0 Å². The van der Waals surface area contributed by atoms with Crippen molar-refractivity contribution in [3.05, 3.63) is 44.6 Å². The van der Waals surface area contributed by atoms with Crippen LogP contribution in [0.25, 0.3) is 10.2 Å². The quantitative estimate of drug-likeness (QED) is 0.397. The SMILES string of the molecule is NC(=O)c1sc2nc(C(F)F)cc(C3CC3)c2c1NC(=O)CCn1ccc([N+](=O)[O-])n1. The molecule has 0 bridgehead atoms. The highest BCUT2D eigenvalue weighted by molar-refractivity contribution is 7.21. The Morgan fingerprint density at radius 3 is 2.74 bits per heavy atom. The number of hydrogen-bond donors (Lipinski definition) is 2. The maximum absolute atomic E-state index is 13.3. The van der Waals surface area contributed by atoms with Crippen molar-refractivity contribution < 1.29 is 23.3 Å². The normalized spacial score (nSPS) is 13.6. The van der Waals surface area contributed by atoms with Crippen LogP contribution < -0.4 is 11.1 Å². The van der Waals surface area contributed by atoms with E-state index in [0.29, 0.717) is 10.9 Å². The Kier molecular flexibility index (Phi) is 5.35. The van der Waals surface area contributed by atoms with Crippen LogP contribution in [0.2, 0.25) is 0 Å². The van der Waals surface area contributed by atoms with Gasteiger partial charge in [0.25, 0.3) is 12.3 Å². The van der Waals surface area contributed by atoms with Crippen LogP contribution in [0.15, 0.2) is 18.3 Å². The van der Waals surface area contributed by atoms with Crippen molar-refractivity contribution in [2.24, 2.45) is 5.73 Å². The molecule has 1 fully saturated rings. The molecule has 3 aromatic rings. The standard InChI is InChI=1S/C18H16F2N6O4S/c19-16(20)10-7-9(8-1-2-8)13-14(15(17(21)28)31-18(13)22-10)23-12(27)4-6-25-5-3-11(24-25)26(29)30/h3,5,7-8,16H,1-2,4,6H2,(H2,21,28)(H,23,27). The van der Waals surface area contributed by atoms with Gasteiger partial charge in [0.05, 0.1) is 29.6 Å². The van der Waals surface area contributed by atoms with E-state index in [1.165, 1.54) is 23.0 Å². The average molecular weight is 450 g/mol. The molecule has 1 saturated carbocycles. The van der Waals surface area contributed by atoms with Gasteiger partial charge in [-0.2, -0.15) is 4.68 Å². The van der Waals surface area contributed by atoms with Crippen LogP contribution in [0, 0.1) is 10.1 Å². The number of nitrogens with two attached hydrogens (primary N) is 1. The van der Waals surface area contributed by atoms with E-state index in [-0.39, 0.29) is 45.8 Å². The molecule has 0 atom stereocenters. The minimum Gasteiger partial charge on any atom is -0.365 e. The molecule has 31 heavy (non-hydrogen) atoms. The Morgan fingerprint density at radius 2 is 2.16 bits per heavy atom. The molecule has 3 aromatic heterocycles. The number of hydrogen-bond acceptors (Lipinski definition) is 7. The van der Waals surface area contributed by atoms with Crippen LogP contribution in [0.1, 0.15) is 52.5 Å². The lowest BCUT2D eigenvalue weighted by atomic mass is 10.0. The molecule has 2 amide bonds. The molecule has 0 saturated heterocycles. The van der Waals surface area contributed by atoms with E-state index >= 15 is 0 Å². The van der Waals surface area contributed by atoms with Gasteiger partial charge in [-0.1, -0.05) is 0 Å². The zero-order valence-corrected chi connectivity index (χ0v) is 16.7. The predicted octanol–water partition coefficient (Wildman–Crippen LogP) is 3.34. The number of fused-ring (bicyclic) bond motifs is 1. The highest BCUT2D eigenvalue weighted by Crippen LogP contribution is 2.48. The summed E-state index contributed by atoms with van der Waals surface area (Å²) < 4.78 is 27.8. The Bertz CT molecular complexity index is 1200. The number of amides is 2. The number of carbonyl (C=O) groups excluding carboxylic acids is 2. The number of aryl methyl sites for hydroxylation is 1.